The molecule has 0 atom stereocenters. The maximum absolute atomic E-state index is 11.2. The molecule has 0 aliphatic rings. The molecule has 4 N–H and O–H groups in total. The Morgan fingerprint density at radius 3 is 1.17 bits per heavy atom. The van der Waals surface area contributed by atoms with Crippen LogP contribution >= 0.6 is 24.4 Å². The fourth-order valence-corrected chi connectivity index (χ4v) is 4.39. The van der Waals surface area contributed by atoms with E-state index >= 15 is 0 Å². The molecule has 0 bridgehead atoms. The second-order valence-electron chi connectivity index (χ2n) is 8.47. The quantitative estimate of drug-likeness (QED) is 0.0574. The maximum Gasteiger partial charge on any atom is 2.00 e. The second-order valence-corrected chi connectivity index (χ2v) is 8.84. The van der Waals surface area contributed by atoms with Crippen LogP contribution in [-0.4, -0.2) is 75.4 Å². The van der Waals surface area contributed by atoms with E-state index in [1.807, 2.05) is 0 Å². The van der Waals surface area contributed by atoms with Crippen molar-refractivity contribution in [3.8, 4) is 5.75 Å². The van der Waals surface area contributed by atoms with Gasteiger partial charge in [0, 0.05) is 46.3 Å². The standard InChI is InChI=1S/C14H10N2O4.C14H8N2O4.2CNS.Ru/c17-7-20-11-4-6-16-13-10(11)2-1-8-9(14(18)19)3-5-15-12(8)13;17-13(18)9-3-5-15-11-7(9)1-2-8-10(14(19)20)4-6-16-12(8)11;2*2-1-3;/h1-6,17H,7H2,(H,18,19);1-6H,(H,17,18)(H,19,20);;;/q;;2*-1;+2. The van der Waals surface area contributed by atoms with Gasteiger partial charge < -0.3 is 36.0 Å². The SMILES string of the molecule is O=C(O)c1ccnc2c1ccc1c(C(=O)O)ccnc12.O=C(O)c1ccnc2c1ccc1c(OCO)ccnc12.[N-]=C=S.[N-]=C=S.[Ru+2]. The number of nitrogens with zero attached hydrogens (tertiary/aromatic N) is 6. The minimum absolute atomic E-state index is 0. The Labute approximate surface area is 287 Å². The number of fused-ring (bicyclic) bond motifs is 6. The fourth-order valence-electron chi connectivity index (χ4n) is 4.39. The molecule has 236 valence electrons. The third kappa shape index (κ3) is 8.60. The number of ether oxygens (including phenoxy) is 1. The van der Waals surface area contributed by atoms with Crippen LogP contribution in [0.15, 0.2) is 73.3 Å². The van der Waals surface area contributed by atoms with Gasteiger partial charge in [0.25, 0.3) is 0 Å². The van der Waals surface area contributed by atoms with Crippen LogP contribution < -0.4 is 4.74 Å². The van der Waals surface area contributed by atoms with Crippen LogP contribution in [0.2, 0.25) is 0 Å². The van der Waals surface area contributed by atoms with Gasteiger partial charge in [0.1, 0.15) is 11.3 Å². The van der Waals surface area contributed by atoms with Gasteiger partial charge in [-0.2, -0.15) is 10.3 Å². The smallest absolute Gasteiger partial charge is 0.753 e. The van der Waals surface area contributed by atoms with Gasteiger partial charge in [-0.3, -0.25) is 19.9 Å². The molecule has 14 nitrogen and oxygen atoms in total. The molecule has 0 aliphatic carbocycles. The molecule has 0 radical (unpaired) electrons. The Hall–Kier alpha value is -5.53. The van der Waals surface area contributed by atoms with E-state index in [9.17, 15) is 19.5 Å². The zero-order valence-corrected chi connectivity index (χ0v) is 26.8. The third-order valence-electron chi connectivity index (χ3n) is 6.11. The summed E-state index contributed by atoms with van der Waals surface area (Å²) in [6.45, 7) is -0.445. The van der Waals surface area contributed by atoms with Gasteiger partial charge in [0.2, 0.25) is 0 Å². The van der Waals surface area contributed by atoms with Gasteiger partial charge in [-0.1, -0.05) is 42.6 Å². The van der Waals surface area contributed by atoms with Gasteiger partial charge >= 0.3 is 37.4 Å². The minimum atomic E-state index is -1.06. The number of aliphatic hydroxyl groups is 1. The average molecular weight is 756 g/mol. The number of isothiocyanates is 2. The molecule has 0 saturated carbocycles. The van der Waals surface area contributed by atoms with E-state index in [0.717, 1.165) is 0 Å². The number of thiocarbonyl (C=S) groups is 2. The number of carboxylic acid groups (broad SMARTS) is 3. The van der Waals surface area contributed by atoms with Crippen molar-refractivity contribution in [1.29, 1.82) is 0 Å². The molecule has 47 heavy (non-hydrogen) atoms. The zero-order chi connectivity index (χ0) is 33.8. The Kier molecular flexibility index (Phi) is 14.3. The average Bonchev–Trinajstić information content (AvgIpc) is 3.04. The number of pyridine rings is 4. The number of hydrogen-bond donors (Lipinski definition) is 4. The molecular weight excluding hydrogens is 738 g/mol. The van der Waals surface area contributed by atoms with Crippen LogP contribution in [0.4, 0.5) is 0 Å². The van der Waals surface area contributed by atoms with Gasteiger partial charge in [0.05, 0.1) is 33.2 Å². The van der Waals surface area contributed by atoms with Crippen LogP contribution in [0.25, 0.3) is 54.4 Å². The van der Waals surface area contributed by atoms with E-state index in [4.69, 9.17) is 30.9 Å². The first-order valence-electron chi connectivity index (χ1n) is 12.4. The molecule has 0 amide bonds. The maximum atomic E-state index is 11.2. The summed E-state index contributed by atoms with van der Waals surface area (Å²) in [5.74, 6) is -2.67. The fraction of sp³-hybridized carbons (Fsp3) is 0.0333. The van der Waals surface area contributed by atoms with E-state index in [-0.39, 0.29) is 36.2 Å². The topological polar surface area (TPSA) is 238 Å². The van der Waals surface area contributed by atoms with E-state index in [1.165, 1.54) is 53.3 Å². The van der Waals surface area contributed by atoms with Crippen LogP contribution in [0.1, 0.15) is 31.1 Å². The van der Waals surface area contributed by atoms with E-state index in [1.54, 1.807) is 30.3 Å². The summed E-state index contributed by atoms with van der Waals surface area (Å²) in [5, 5.41) is 55.4. The molecule has 0 spiro atoms. The number of rotatable bonds is 5. The number of benzene rings is 2. The van der Waals surface area contributed by atoms with Crippen molar-refractivity contribution < 1.29 is 59.0 Å². The van der Waals surface area contributed by atoms with Crippen LogP contribution in [0.3, 0.4) is 0 Å². The number of aliphatic hydroxyl groups excluding tert-OH is 1. The normalized spacial score (nSPS) is 9.55. The number of aromatic carboxylic acids is 3. The van der Waals surface area contributed by atoms with Gasteiger partial charge in [-0.25, -0.2) is 14.4 Å². The van der Waals surface area contributed by atoms with Crippen molar-refractivity contribution in [2.75, 3.05) is 6.79 Å². The summed E-state index contributed by atoms with van der Waals surface area (Å²) in [6.07, 6.45) is 5.72. The first kappa shape index (κ1) is 37.7. The summed E-state index contributed by atoms with van der Waals surface area (Å²) < 4.78 is 5.12. The first-order valence-corrected chi connectivity index (χ1v) is 13.3. The van der Waals surface area contributed by atoms with Crippen molar-refractivity contribution >= 4 is 96.3 Å². The van der Waals surface area contributed by atoms with Crippen molar-refractivity contribution in [3.05, 3.63) is 101 Å². The van der Waals surface area contributed by atoms with Crippen molar-refractivity contribution in [2.24, 2.45) is 0 Å². The van der Waals surface area contributed by atoms with Gasteiger partial charge in [0.15, 0.2) is 6.79 Å². The van der Waals surface area contributed by atoms with E-state index < -0.39 is 24.7 Å². The molecule has 0 aliphatic heterocycles. The van der Waals surface area contributed by atoms with Gasteiger partial charge in [-0.05, 0) is 30.3 Å². The molecule has 6 rings (SSSR count). The summed E-state index contributed by atoms with van der Waals surface area (Å²) in [5.41, 5.74) is 2.18. The van der Waals surface area contributed by atoms with Crippen LogP contribution in [-0.2, 0) is 19.5 Å². The van der Waals surface area contributed by atoms with E-state index in [2.05, 4.69) is 44.4 Å². The molecule has 0 fully saturated rings. The Morgan fingerprint density at radius 1 is 0.596 bits per heavy atom. The molecular formula is C30H18N6O8RuS2. The molecule has 0 unspecified atom stereocenters. The number of hydrogen-bond acceptors (Lipinski definition) is 11. The van der Waals surface area contributed by atoms with Gasteiger partial charge in [-0.15, -0.1) is 0 Å². The first-order chi connectivity index (χ1) is 22.1. The minimum Gasteiger partial charge on any atom is -0.753 e. The number of carboxylic acids is 3. The van der Waals surface area contributed by atoms with E-state index in [0.29, 0.717) is 49.4 Å². The monoisotopic (exact) mass is 756 g/mol. The molecule has 0 saturated heterocycles. The molecule has 6 aromatic rings. The van der Waals surface area contributed by atoms with Crippen LogP contribution in [0, 0.1) is 0 Å². The predicted molar refractivity (Wildman–Crippen MR) is 175 cm³/mol. The number of carbonyl (C=O) groups is 3. The van der Waals surface area contributed by atoms with Crippen molar-refractivity contribution in [2.45, 2.75) is 0 Å². The summed E-state index contributed by atoms with van der Waals surface area (Å²) >= 11 is 7.40. The Balaban J connectivity index is 0.000000275. The summed E-state index contributed by atoms with van der Waals surface area (Å²) in [7, 11) is 0. The molecule has 4 heterocycles. The zero-order valence-electron chi connectivity index (χ0n) is 23.4. The molecule has 17 heteroatoms. The second kappa shape index (κ2) is 17.8. The largest absolute Gasteiger partial charge is 2.00 e. The van der Waals surface area contributed by atoms with Crippen molar-refractivity contribution in [1.82, 2.24) is 19.9 Å². The van der Waals surface area contributed by atoms with Crippen molar-refractivity contribution in [3.63, 3.8) is 0 Å². The Bertz CT molecular complexity index is 2110. The summed E-state index contributed by atoms with van der Waals surface area (Å²) in [6, 6.07) is 12.4. The third-order valence-corrected chi connectivity index (χ3v) is 6.11. The molecule has 2 aromatic carbocycles. The molecule has 4 aromatic heterocycles. The van der Waals surface area contributed by atoms with Crippen LogP contribution in [0.5, 0.6) is 5.75 Å². The predicted octanol–water partition coefficient (Wildman–Crippen LogP) is 5.30. The number of aromatic nitrogens is 4. The summed E-state index contributed by atoms with van der Waals surface area (Å²) in [4.78, 5) is 50.3. The Morgan fingerprint density at radius 2 is 0.872 bits per heavy atom.